The molecule has 0 atom stereocenters. The van der Waals surface area contributed by atoms with Crippen molar-refractivity contribution in [2.24, 2.45) is 5.14 Å². The van der Waals surface area contributed by atoms with Crippen LogP contribution >= 0.6 is 0 Å². The monoisotopic (exact) mass is 488 g/mol. The number of rotatable bonds is 12. The Morgan fingerprint density at radius 2 is 1.79 bits per heavy atom. The Morgan fingerprint density at radius 1 is 1.09 bits per heavy atom. The minimum Gasteiger partial charge on any atom is -0.454 e. The third-order valence-electron chi connectivity index (χ3n) is 5.97. The highest BCUT2D eigenvalue weighted by Gasteiger charge is 2.24. The van der Waals surface area contributed by atoms with Crippen molar-refractivity contribution >= 4 is 21.5 Å². The molecule has 0 unspecified atom stereocenters. The van der Waals surface area contributed by atoms with E-state index in [1.807, 2.05) is 6.07 Å². The smallest absolute Gasteiger partial charge is 0.241 e. The van der Waals surface area contributed by atoms with E-state index in [4.69, 9.17) is 9.88 Å². The Labute approximate surface area is 203 Å². The maximum atomic E-state index is 13.0. The van der Waals surface area contributed by atoms with E-state index in [0.717, 1.165) is 45.6 Å². The second-order valence-corrected chi connectivity index (χ2v) is 10.3. The second-order valence-electron chi connectivity index (χ2n) is 8.76. The van der Waals surface area contributed by atoms with Crippen LogP contribution in [0.5, 0.6) is 11.5 Å². The summed E-state index contributed by atoms with van der Waals surface area (Å²) in [4.78, 5) is 17.5. The molecule has 0 aromatic heterocycles. The lowest BCUT2D eigenvalue weighted by Gasteiger charge is -2.32. The number of unbranched alkanes of at least 4 members (excludes halogenated alkanes) is 1. The van der Waals surface area contributed by atoms with Gasteiger partial charge in [-0.15, -0.1) is 0 Å². The zero-order valence-electron chi connectivity index (χ0n) is 20.1. The predicted molar refractivity (Wildman–Crippen MR) is 135 cm³/mol. The molecule has 1 heterocycles. The highest BCUT2D eigenvalue weighted by molar-refractivity contribution is 7.89. The molecular formula is C25H36N4O4S. The van der Waals surface area contributed by atoms with Gasteiger partial charge in [-0.1, -0.05) is 31.5 Å². The summed E-state index contributed by atoms with van der Waals surface area (Å²) in [6.07, 6.45) is 2.91. The Bertz CT molecular complexity index is 1050. The van der Waals surface area contributed by atoms with Crippen LogP contribution in [0.1, 0.15) is 43.0 Å². The van der Waals surface area contributed by atoms with Crippen molar-refractivity contribution in [1.82, 2.24) is 9.80 Å². The molecule has 9 heteroatoms. The fourth-order valence-electron chi connectivity index (χ4n) is 3.90. The molecule has 8 nitrogen and oxygen atoms in total. The maximum absolute atomic E-state index is 13.0. The number of ketones is 1. The number of Topliss-reactive ketones (excluding diaryl/α,β-unsaturated/α-hetero) is 1. The van der Waals surface area contributed by atoms with Crippen LogP contribution in [0.25, 0.3) is 0 Å². The van der Waals surface area contributed by atoms with Gasteiger partial charge in [0.25, 0.3) is 0 Å². The summed E-state index contributed by atoms with van der Waals surface area (Å²) in [5.74, 6) is 0.486. The summed E-state index contributed by atoms with van der Waals surface area (Å²) in [6.45, 7) is 7.58. The number of para-hydroxylation sites is 1. The molecule has 0 aliphatic carbocycles. The first-order valence-electron chi connectivity index (χ1n) is 11.9. The average molecular weight is 489 g/mol. The van der Waals surface area contributed by atoms with Crippen LogP contribution in [0.15, 0.2) is 47.4 Å². The largest absolute Gasteiger partial charge is 0.454 e. The van der Waals surface area contributed by atoms with Crippen molar-refractivity contribution in [1.29, 1.82) is 0 Å². The minimum atomic E-state index is -4.14. The number of primary sulfonamides is 1. The summed E-state index contributed by atoms with van der Waals surface area (Å²) in [5, 5.41) is 8.80. The summed E-state index contributed by atoms with van der Waals surface area (Å²) in [5.41, 5.74) is 0.771. The molecule has 1 saturated heterocycles. The molecule has 0 spiro atoms. The molecule has 1 aliphatic heterocycles. The van der Waals surface area contributed by atoms with Crippen LogP contribution in [0, 0.1) is 0 Å². The van der Waals surface area contributed by atoms with E-state index in [2.05, 4.69) is 29.1 Å². The molecule has 186 valence electrons. The normalized spacial score (nSPS) is 15.3. The van der Waals surface area contributed by atoms with Crippen LogP contribution in [0.2, 0.25) is 0 Å². The molecule has 34 heavy (non-hydrogen) atoms. The van der Waals surface area contributed by atoms with Crippen molar-refractivity contribution < 1.29 is 17.9 Å². The molecule has 0 bridgehead atoms. The number of ether oxygens (including phenoxy) is 1. The molecule has 2 aromatic carbocycles. The first kappa shape index (κ1) is 26.2. The number of benzene rings is 2. The number of anilines is 1. The summed E-state index contributed by atoms with van der Waals surface area (Å²) >= 11 is 0. The van der Waals surface area contributed by atoms with E-state index in [9.17, 15) is 13.2 Å². The highest BCUT2D eigenvalue weighted by Crippen LogP contribution is 2.37. The van der Waals surface area contributed by atoms with Gasteiger partial charge in [0.2, 0.25) is 10.0 Å². The Hall–Kier alpha value is -2.46. The van der Waals surface area contributed by atoms with E-state index >= 15 is 0 Å². The SMILES string of the molecule is CCCCNc1cc(C(=O)CCCN2CCN(C)CC2)cc(S(N)(=O)=O)c1Oc1ccccc1. The van der Waals surface area contributed by atoms with Crippen LogP contribution in [-0.2, 0) is 10.0 Å². The quantitative estimate of drug-likeness (QED) is 0.348. The molecule has 1 fully saturated rings. The number of hydrogen-bond donors (Lipinski definition) is 2. The van der Waals surface area contributed by atoms with E-state index in [1.165, 1.54) is 6.07 Å². The Morgan fingerprint density at radius 3 is 2.44 bits per heavy atom. The van der Waals surface area contributed by atoms with Crippen molar-refractivity contribution in [3.63, 3.8) is 0 Å². The molecule has 3 rings (SSSR count). The van der Waals surface area contributed by atoms with E-state index in [0.29, 0.717) is 36.4 Å². The van der Waals surface area contributed by atoms with Gasteiger partial charge in [-0.3, -0.25) is 4.79 Å². The summed E-state index contributed by atoms with van der Waals surface area (Å²) < 4.78 is 31.0. The first-order valence-corrected chi connectivity index (χ1v) is 13.4. The number of hydrogen-bond acceptors (Lipinski definition) is 7. The number of carbonyl (C=O) groups is 1. The van der Waals surface area contributed by atoms with Crippen molar-refractivity contribution in [2.75, 3.05) is 51.6 Å². The molecule has 3 N–H and O–H groups in total. The zero-order chi connectivity index (χ0) is 24.6. The number of likely N-dealkylation sites (N-methyl/N-ethyl adjacent to an activating group) is 1. The second kappa shape index (κ2) is 12.3. The van der Waals surface area contributed by atoms with Gasteiger partial charge >= 0.3 is 0 Å². The van der Waals surface area contributed by atoms with Gasteiger partial charge in [-0.2, -0.15) is 0 Å². The number of carbonyl (C=O) groups excluding carboxylic acids is 1. The summed E-state index contributed by atoms with van der Waals surface area (Å²) in [6, 6.07) is 11.9. The molecule has 0 amide bonds. The third-order valence-corrected chi connectivity index (χ3v) is 6.88. The summed E-state index contributed by atoms with van der Waals surface area (Å²) in [7, 11) is -2.02. The Balaban J connectivity index is 1.83. The zero-order valence-corrected chi connectivity index (χ0v) is 20.9. The fraction of sp³-hybridized carbons (Fsp3) is 0.480. The molecule has 2 aromatic rings. The van der Waals surface area contributed by atoms with E-state index in [1.54, 1.807) is 30.3 Å². The fourth-order valence-corrected chi connectivity index (χ4v) is 4.60. The van der Waals surface area contributed by atoms with Gasteiger partial charge < -0.3 is 19.9 Å². The first-order chi connectivity index (χ1) is 16.3. The predicted octanol–water partition coefficient (Wildman–Crippen LogP) is 3.55. The topological polar surface area (TPSA) is 105 Å². The van der Waals surface area contributed by atoms with Crippen molar-refractivity contribution in [3.05, 3.63) is 48.0 Å². The average Bonchev–Trinajstić information content (AvgIpc) is 2.81. The molecule has 0 saturated carbocycles. The van der Waals surface area contributed by atoms with E-state index in [-0.39, 0.29) is 16.4 Å². The highest BCUT2D eigenvalue weighted by atomic mass is 32.2. The number of nitrogens with zero attached hydrogens (tertiary/aromatic N) is 2. The van der Waals surface area contributed by atoms with Gasteiger partial charge in [-0.25, -0.2) is 13.6 Å². The minimum absolute atomic E-state index is 0.108. The van der Waals surface area contributed by atoms with Crippen molar-refractivity contribution in [3.8, 4) is 11.5 Å². The number of nitrogens with two attached hydrogens (primary N) is 1. The van der Waals surface area contributed by atoms with Crippen LogP contribution in [0.4, 0.5) is 5.69 Å². The van der Waals surface area contributed by atoms with E-state index < -0.39 is 10.0 Å². The van der Waals surface area contributed by atoms with Gasteiger partial charge in [0.05, 0.1) is 5.69 Å². The van der Waals surface area contributed by atoms with Crippen LogP contribution < -0.4 is 15.2 Å². The standard InChI is InChI=1S/C25H36N4O4S/c1-3-4-12-27-22-18-20(23(30)11-8-13-29-16-14-28(2)15-17-29)19-24(34(26,31)32)25(22)33-21-9-6-5-7-10-21/h5-7,9-10,18-19,27H,3-4,8,11-17H2,1-2H3,(H2,26,31,32). The number of nitrogens with one attached hydrogen (secondary N) is 1. The van der Waals surface area contributed by atoms with Gasteiger partial charge in [0.1, 0.15) is 10.6 Å². The Kier molecular flexibility index (Phi) is 9.46. The van der Waals surface area contributed by atoms with Gasteiger partial charge in [-0.05, 0) is 50.7 Å². The van der Waals surface area contributed by atoms with Gasteiger partial charge in [0, 0.05) is 44.7 Å². The molecular weight excluding hydrogens is 452 g/mol. The lowest BCUT2D eigenvalue weighted by molar-refractivity contribution is 0.0967. The number of sulfonamides is 1. The van der Waals surface area contributed by atoms with Crippen molar-refractivity contribution in [2.45, 2.75) is 37.5 Å². The lowest BCUT2D eigenvalue weighted by atomic mass is 10.0. The molecule has 1 aliphatic rings. The maximum Gasteiger partial charge on any atom is 0.241 e. The third kappa shape index (κ3) is 7.53. The van der Waals surface area contributed by atoms with Crippen LogP contribution in [0.3, 0.4) is 0 Å². The molecule has 0 radical (unpaired) electrons. The van der Waals surface area contributed by atoms with Crippen LogP contribution in [-0.4, -0.2) is 70.3 Å². The van der Waals surface area contributed by atoms with Gasteiger partial charge in [0.15, 0.2) is 11.5 Å². The lowest BCUT2D eigenvalue weighted by Crippen LogP contribution is -2.44. The number of piperazine rings is 1.